The van der Waals surface area contributed by atoms with E-state index in [1.807, 2.05) is 18.2 Å². The zero-order valence-corrected chi connectivity index (χ0v) is 14.2. The minimum atomic E-state index is -0.436. The van der Waals surface area contributed by atoms with Crippen molar-refractivity contribution in [2.45, 2.75) is 25.2 Å². The average Bonchev–Trinajstić information content (AvgIpc) is 3.22. The SMILES string of the molecule is COC[C@H]1CCN(c2cccc3c(C4CCC(=O)NC4=O)noc23)C1. The number of rotatable bonds is 4. The van der Waals surface area contributed by atoms with Crippen molar-refractivity contribution in [3.63, 3.8) is 0 Å². The van der Waals surface area contributed by atoms with Crippen LogP contribution >= 0.6 is 0 Å². The highest BCUT2D eigenvalue weighted by atomic mass is 16.5. The van der Waals surface area contributed by atoms with E-state index in [-0.39, 0.29) is 11.8 Å². The van der Waals surface area contributed by atoms with Crippen molar-refractivity contribution in [1.82, 2.24) is 10.5 Å². The molecule has 2 aliphatic heterocycles. The summed E-state index contributed by atoms with van der Waals surface area (Å²) in [5.41, 5.74) is 2.33. The first-order valence-electron chi connectivity index (χ1n) is 8.63. The highest BCUT2D eigenvalue weighted by Crippen LogP contribution is 2.36. The van der Waals surface area contributed by atoms with Crippen LogP contribution in [0.4, 0.5) is 5.69 Å². The van der Waals surface area contributed by atoms with Crippen molar-refractivity contribution in [1.29, 1.82) is 0 Å². The third kappa shape index (κ3) is 2.89. The number of carbonyl (C=O) groups is 2. The fraction of sp³-hybridized carbons (Fsp3) is 0.500. The second-order valence-electron chi connectivity index (χ2n) is 6.78. The lowest BCUT2D eigenvalue weighted by Gasteiger charge is -2.20. The number of para-hydroxylation sites is 1. The van der Waals surface area contributed by atoms with E-state index in [0.717, 1.165) is 37.2 Å². The highest BCUT2D eigenvalue weighted by molar-refractivity contribution is 6.03. The Morgan fingerprint density at radius 2 is 2.24 bits per heavy atom. The number of carbonyl (C=O) groups excluding carboxylic acids is 2. The van der Waals surface area contributed by atoms with Crippen LogP contribution in [0.25, 0.3) is 11.0 Å². The third-order valence-electron chi connectivity index (χ3n) is 5.10. The molecule has 7 heteroatoms. The van der Waals surface area contributed by atoms with Crippen LogP contribution < -0.4 is 10.2 Å². The molecule has 2 fully saturated rings. The van der Waals surface area contributed by atoms with Crippen LogP contribution in [0.3, 0.4) is 0 Å². The number of ether oxygens (including phenoxy) is 1. The Hall–Kier alpha value is -2.41. The van der Waals surface area contributed by atoms with Gasteiger partial charge in [-0.2, -0.15) is 0 Å². The molecule has 0 radical (unpaired) electrons. The number of nitrogens with one attached hydrogen (secondary N) is 1. The topological polar surface area (TPSA) is 84.7 Å². The first-order chi connectivity index (χ1) is 12.2. The van der Waals surface area contributed by atoms with Crippen LogP contribution in [0.2, 0.25) is 0 Å². The number of anilines is 1. The number of fused-ring (bicyclic) bond motifs is 1. The first kappa shape index (κ1) is 16.1. The molecule has 132 valence electrons. The van der Waals surface area contributed by atoms with Crippen LogP contribution in [0.1, 0.15) is 30.9 Å². The van der Waals surface area contributed by atoms with Gasteiger partial charge in [0, 0.05) is 37.9 Å². The van der Waals surface area contributed by atoms with Gasteiger partial charge in [0.05, 0.1) is 18.2 Å². The summed E-state index contributed by atoms with van der Waals surface area (Å²) in [7, 11) is 1.73. The van der Waals surface area contributed by atoms with Crippen LogP contribution in [-0.4, -0.2) is 43.8 Å². The number of imide groups is 1. The Labute approximate surface area is 145 Å². The van der Waals surface area contributed by atoms with E-state index >= 15 is 0 Å². The number of methoxy groups -OCH3 is 1. The van der Waals surface area contributed by atoms with Crippen molar-refractivity contribution < 1.29 is 18.8 Å². The summed E-state index contributed by atoms with van der Waals surface area (Å²) in [5, 5.41) is 7.42. The second kappa shape index (κ2) is 6.48. The van der Waals surface area contributed by atoms with Gasteiger partial charge >= 0.3 is 0 Å². The predicted molar refractivity (Wildman–Crippen MR) is 91.3 cm³/mol. The molecule has 2 aliphatic rings. The lowest BCUT2D eigenvalue weighted by molar-refractivity contribution is -0.134. The maximum Gasteiger partial charge on any atom is 0.235 e. The molecule has 0 aliphatic carbocycles. The van der Waals surface area contributed by atoms with Gasteiger partial charge in [-0.05, 0) is 25.0 Å². The van der Waals surface area contributed by atoms with Crippen molar-refractivity contribution in [3.8, 4) is 0 Å². The summed E-state index contributed by atoms with van der Waals surface area (Å²) >= 11 is 0. The van der Waals surface area contributed by atoms with Crippen molar-refractivity contribution in [3.05, 3.63) is 23.9 Å². The molecule has 2 saturated heterocycles. The normalized spacial score (nSPS) is 24.1. The van der Waals surface area contributed by atoms with E-state index in [1.54, 1.807) is 7.11 Å². The molecule has 7 nitrogen and oxygen atoms in total. The molecule has 4 rings (SSSR count). The van der Waals surface area contributed by atoms with Gasteiger partial charge in [-0.3, -0.25) is 14.9 Å². The van der Waals surface area contributed by atoms with Gasteiger partial charge < -0.3 is 14.2 Å². The van der Waals surface area contributed by atoms with Gasteiger partial charge in [0.15, 0.2) is 5.58 Å². The molecule has 0 spiro atoms. The molecule has 1 unspecified atom stereocenters. The summed E-state index contributed by atoms with van der Waals surface area (Å²) in [6, 6.07) is 5.92. The Morgan fingerprint density at radius 3 is 3.04 bits per heavy atom. The summed E-state index contributed by atoms with van der Waals surface area (Å²) in [5.74, 6) is -0.444. The van der Waals surface area contributed by atoms with Gasteiger partial charge in [-0.1, -0.05) is 11.2 Å². The van der Waals surface area contributed by atoms with Gasteiger partial charge in [-0.15, -0.1) is 0 Å². The van der Waals surface area contributed by atoms with E-state index in [9.17, 15) is 9.59 Å². The first-order valence-corrected chi connectivity index (χ1v) is 8.63. The number of hydrogen-bond donors (Lipinski definition) is 1. The Morgan fingerprint density at radius 1 is 1.36 bits per heavy atom. The van der Waals surface area contributed by atoms with Crippen molar-refractivity contribution in [2.75, 3.05) is 31.7 Å². The summed E-state index contributed by atoms with van der Waals surface area (Å²) in [4.78, 5) is 25.8. The Balaban J connectivity index is 1.65. The lowest BCUT2D eigenvalue weighted by Crippen LogP contribution is -2.39. The minimum Gasteiger partial charge on any atom is -0.384 e. The molecule has 1 aromatic heterocycles. The molecule has 2 atom stereocenters. The molecular formula is C18H21N3O4. The number of aromatic nitrogens is 1. The maximum atomic E-state index is 12.2. The van der Waals surface area contributed by atoms with E-state index in [4.69, 9.17) is 9.26 Å². The van der Waals surface area contributed by atoms with E-state index in [2.05, 4.69) is 15.4 Å². The molecule has 0 bridgehead atoms. The molecule has 0 saturated carbocycles. The molecule has 3 heterocycles. The average molecular weight is 343 g/mol. The molecular weight excluding hydrogens is 322 g/mol. The summed E-state index contributed by atoms with van der Waals surface area (Å²) in [6.45, 7) is 2.62. The molecule has 2 amide bonds. The Bertz CT molecular complexity index is 816. The number of benzene rings is 1. The van der Waals surface area contributed by atoms with Crippen molar-refractivity contribution >= 4 is 28.5 Å². The highest BCUT2D eigenvalue weighted by Gasteiger charge is 2.33. The lowest BCUT2D eigenvalue weighted by atomic mass is 9.92. The smallest absolute Gasteiger partial charge is 0.235 e. The van der Waals surface area contributed by atoms with Gasteiger partial charge in [0.25, 0.3) is 0 Å². The number of nitrogens with zero attached hydrogens (tertiary/aromatic N) is 2. The standard InChI is InChI=1S/C18H21N3O4/c1-24-10-11-7-8-21(9-11)14-4-2-3-12-16(20-25-17(12)14)13-5-6-15(22)19-18(13)23/h2-4,11,13H,5-10H2,1H3,(H,19,22,23)/t11-,13?/m0/s1. The fourth-order valence-corrected chi connectivity index (χ4v) is 3.84. The fourth-order valence-electron chi connectivity index (χ4n) is 3.84. The van der Waals surface area contributed by atoms with Gasteiger partial charge in [0.1, 0.15) is 5.69 Å². The minimum absolute atomic E-state index is 0.226. The zero-order chi connectivity index (χ0) is 17.4. The Kier molecular flexibility index (Phi) is 4.17. The van der Waals surface area contributed by atoms with E-state index in [0.29, 0.717) is 30.0 Å². The molecule has 1 aromatic carbocycles. The van der Waals surface area contributed by atoms with Crippen molar-refractivity contribution in [2.24, 2.45) is 5.92 Å². The third-order valence-corrected chi connectivity index (χ3v) is 5.10. The largest absolute Gasteiger partial charge is 0.384 e. The molecule has 2 aromatic rings. The van der Waals surface area contributed by atoms with Crippen LogP contribution in [0.15, 0.2) is 22.7 Å². The second-order valence-corrected chi connectivity index (χ2v) is 6.78. The molecule has 25 heavy (non-hydrogen) atoms. The van der Waals surface area contributed by atoms with Gasteiger partial charge in [0.2, 0.25) is 11.8 Å². The maximum absolute atomic E-state index is 12.2. The molecule has 1 N–H and O–H groups in total. The number of amides is 2. The van der Waals surface area contributed by atoms with E-state index < -0.39 is 5.92 Å². The van der Waals surface area contributed by atoms with Crippen LogP contribution in [0, 0.1) is 5.92 Å². The zero-order valence-electron chi connectivity index (χ0n) is 14.2. The van der Waals surface area contributed by atoms with Gasteiger partial charge in [-0.25, -0.2) is 0 Å². The number of hydrogen-bond acceptors (Lipinski definition) is 6. The number of piperidine rings is 1. The van der Waals surface area contributed by atoms with Crippen LogP contribution in [-0.2, 0) is 14.3 Å². The van der Waals surface area contributed by atoms with E-state index in [1.165, 1.54) is 0 Å². The van der Waals surface area contributed by atoms with Crippen LogP contribution in [0.5, 0.6) is 0 Å². The quantitative estimate of drug-likeness (QED) is 0.853. The summed E-state index contributed by atoms with van der Waals surface area (Å²) in [6.07, 6.45) is 1.88. The predicted octanol–water partition coefficient (Wildman–Crippen LogP) is 1.82. The monoisotopic (exact) mass is 343 g/mol. The summed E-state index contributed by atoms with van der Waals surface area (Å²) < 4.78 is 10.9.